The normalized spacial score (nSPS) is 19.7. The van der Waals surface area contributed by atoms with Gasteiger partial charge in [-0.05, 0) is 45.0 Å². The van der Waals surface area contributed by atoms with E-state index in [4.69, 9.17) is 23.7 Å². The molecule has 0 radical (unpaired) electrons. The minimum absolute atomic E-state index is 0.00743. The summed E-state index contributed by atoms with van der Waals surface area (Å²) in [6.07, 6.45) is 2.19. The molecule has 1 saturated heterocycles. The lowest BCUT2D eigenvalue weighted by molar-refractivity contribution is -0.103. The van der Waals surface area contributed by atoms with Gasteiger partial charge in [-0.25, -0.2) is 0 Å². The number of amides is 1. The first-order valence-corrected chi connectivity index (χ1v) is 12.4. The van der Waals surface area contributed by atoms with Crippen molar-refractivity contribution in [1.29, 1.82) is 0 Å². The van der Waals surface area contributed by atoms with Gasteiger partial charge in [0.15, 0.2) is 11.5 Å². The SMILES string of the molecule is COC[C@@H](C)OC1CC2(CCN(C(=O)c3ccc(OC(C)C)c(OC)c3)CC2)Oc2ccccc21. The van der Waals surface area contributed by atoms with Crippen molar-refractivity contribution < 1.29 is 28.5 Å². The number of ether oxygens (including phenoxy) is 5. The third kappa shape index (κ3) is 5.73. The van der Waals surface area contributed by atoms with Gasteiger partial charge in [0.1, 0.15) is 11.4 Å². The Morgan fingerprint density at radius 1 is 1.09 bits per heavy atom. The van der Waals surface area contributed by atoms with Gasteiger partial charge in [0.2, 0.25) is 0 Å². The Labute approximate surface area is 208 Å². The molecule has 2 aromatic rings. The highest BCUT2D eigenvalue weighted by Crippen LogP contribution is 2.46. The van der Waals surface area contributed by atoms with Crippen molar-refractivity contribution in [3.05, 3.63) is 53.6 Å². The third-order valence-corrected chi connectivity index (χ3v) is 6.68. The summed E-state index contributed by atoms with van der Waals surface area (Å²) in [7, 11) is 3.28. The fourth-order valence-electron chi connectivity index (χ4n) is 5.00. The highest BCUT2D eigenvalue weighted by atomic mass is 16.5. The number of hydrogen-bond acceptors (Lipinski definition) is 6. The molecule has 2 aliphatic heterocycles. The van der Waals surface area contributed by atoms with E-state index in [2.05, 4.69) is 6.07 Å². The van der Waals surface area contributed by atoms with Crippen molar-refractivity contribution in [3.63, 3.8) is 0 Å². The summed E-state index contributed by atoms with van der Waals surface area (Å²) in [6.45, 7) is 7.73. The molecule has 7 nitrogen and oxygen atoms in total. The molecule has 2 aliphatic rings. The summed E-state index contributed by atoms with van der Waals surface area (Å²) in [5.74, 6) is 2.07. The molecule has 2 atom stereocenters. The fourth-order valence-corrected chi connectivity index (χ4v) is 5.00. The van der Waals surface area contributed by atoms with E-state index in [-0.39, 0.29) is 29.8 Å². The maximum atomic E-state index is 13.3. The van der Waals surface area contributed by atoms with Gasteiger partial charge in [-0.2, -0.15) is 0 Å². The Hall–Kier alpha value is -2.77. The Morgan fingerprint density at radius 3 is 2.51 bits per heavy atom. The number of likely N-dealkylation sites (tertiary alicyclic amines) is 1. The number of para-hydroxylation sites is 1. The number of benzene rings is 2. The van der Waals surface area contributed by atoms with Crippen LogP contribution in [0.25, 0.3) is 0 Å². The molecule has 1 fully saturated rings. The zero-order chi connectivity index (χ0) is 25.0. The van der Waals surface area contributed by atoms with Crippen LogP contribution in [0, 0.1) is 0 Å². The average molecular weight is 484 g/mol. The zero-order valence-electron chi connectivity index (χ0n) is 21.4. The lowest BCUT2D eigenvalue weighted by Crippen LogP contribution is -2.52. The second kappa shape index (κ2) is 10.9. The summed E-state index contributed by atoms with van der Waals surface area (Å²) in [6, 6.07) is 13.5. The molecule has 190 valence electrons. The van der Waals surface area contributed by atoms with Gasteiger partial charge in [0.05, 0.1) is 32.0 Å². The van der Waals surface area contributed by atoms with E-state index in [9.17, 15) is 4.79 Å². The van der Waals surface area contributed by atoms with Crippen molar-refractivity contribution in [1.82, 2.24) is 4.90 Å². The third-order valence-electron chi connectivity index (χ3n) is 6.68. The summed E-state index contributed by atoms with van der Waals surface area (Å²) in [4.78, 5) is 15.2. The molecule has 35 heavy (non-hydrogen) atoms. The second-order valence-electron chi connectivity index (χ2n) is 9.74. The van der Waals surface area contributed by atoms with Crippen LogP contribution in [0.5, 0.6) is 17.2 Å². The Morgan fingerprint density at radius 2 is 1.83 bits per heavy atom. The number of methoxy groups -OCH3 is 2. The van der Waals surface area contributed by atoms with Crippen molar-refractivity contribution in [2.75, 3.05) is 33.9 Å². The van der Waals surface area contributed by atoms with Crippen molar-refractivity contribution in [2.45, 2.75) is 63.9 Å². The number of carbonyl (C=O) groups excluding carboxylic acids is 1. The Bertz CT molecular complexity index is 1010. The van der Waals surface area contributed by atoms with Crippen molar-refractivity contribution >= 4 is 5.91 Å². The first kappa shape index (κ1) is 25.3. The van der Waals surface area contributed by atoms with E-state index in [1.54, 1.807) is 26.4 Å². The first-order valence-electron chi connectivity index (χ1n) is 12.4. The standard InChI is InChI=1S/C28H37NO6/c1-19(2)33-24-11-10-21(16-25(24)32-5)27(30)29-14-12-28(13-15-29)17-26(34-20(3)18-31-4)22-8-6-7-9-23(22)35-28/h6-11,16,19-20,26H,12-15,17-18H2,1-5H3/t20-,26?/m1/s1. The largest absolute Gasteiger partial charge is 0.493 e. The van der Waals surface area contributed by atoms with Gasteiger partial charge < -0.3 is 28.6 Å². The molecule has 0 bridgehead atoms. The topological polar surface area (TPSA) is 66.5 Å². The predicted octanol–water partition coefficient (Wildman–Crippen LogP) is 5.03. The number of fused-ring (bicyclic) bond motifs is 1. The van der Waals surface area contributed by atoms with Crippen LogP contribution in [0.4, 0.5) is 0 Å². The molecule has 0 saturated carbocycles. The van der Waals surface area contributed by atoms with Crippen LogP contribution in [-0.4, -0.2) is 62.5 Å². The van der Waals surface area contributed by atoms with Gasteiger partial charge in [-0.1, -0.05) is 18.2 Å². The van der Waals surface area contributed by atoms with Crippen LogP contribution >= 0.6 is 0 Å². The highest BCUT2D eigenvalue weighted by Gasteiger charge is 2.44. The van der Waals surface area contributed by atoms with E-state index in [0.29, 0.717) is 36.8 Å². The van der Waals surface area contributed by atoms with E-state index in [0.717, 1.165) is 30.6 Å². The molecule has 0 N–H and O–H groups in total. The smallest absolute Gasteiger partial charge is 0.253 e. The van der Waals surface area contributed by atoms with Crippen LogP contribution in [-0.2, 0) is 9.47 Å². The van der Waals surface area contributed by atoms with E-state index in [1.165, 1.54) is 0 Å². The summed E-state index contributed by atoms with van der Waals surface area (Å²) in [5.41, 5.74) is 1.32. The lowest BCUT2D eigenvalue weighted by atomic mass is 9.81. The predicted molar refractivity (Wildman–Crippen MR) is 133 cm³/mol. The maximum Gasteiger partial charge on any atom is 0.253 e. The first-order chi connectivity index (χ1) is 16.8. The molecule has 4 rings (SSSR count). The van der Waals surface area contributed by atoms with Gasteiger partial charge in [0.25, 0.3) is 5.91 Å². The number of piperidine rings is 1. The summed E-state index contributed by atoms with van der Waals surface area (Å²) in [5, 5.41) is 0. The summed E-state index contributed by atoms with van der Waals surface area (Å²) < 4.78 is 29.5. The maximum absolute atomic E-state index is 13.3. The van der Waals surface area contributed by atoms with E-state index >= 15 is 0 Å². The number of carbonyl (C=O) groups is 1. The van der Waals surface area contributed by atoms with Gasteiger partial charge >= 0.3 is 0 Å². The van der Waals surface area contributed by atoms with Crippen LogP contribution in [0.3, 0.4) is 0 Å². The number of rotatable bonds is 8. The van der Waals surface area contributed by atoms with Crippen LogP contribution in [0.1, 0.15) is 62.1 Å². The quantitative estimate of drug-likeness (QED) is 0.525. The Balaban J connectivity index is 1.46. The Kier molecular flexibility index (Phi) is 7.87. The van der Waals surface area contributed by atoms with Crippen LogP contribution in [0.2, 0.25) is 0 Å². The minimum atomic E-state index is -0.352. The van der Waals surface area contributed by atoms with Crippen molar-refractivity contribution in [3.8, 4) is 17.2 Å². The van der Waals surface area contributed by atoms with Gasteiger partial charge in [-0.15, -0.1) is 0 Å². The molecule has 1 amide bonds. The lowest BCUT2D eigenvalue weighted by Gasteiger charge is -2.47. The highest BCUT2D eigenvalue weighted by molar-refractivity contribution is 5.95. The molecular weight excluding hydrogens is 446 g/mol. The number of hydrogen-bond donors (Lipinski definition) is 0. The molecule has 7 heteroatoms. The molecule has 0 aliphatic carbocycles. The van der Waals surface area contributed by atoms with Crippen LogP contribution < -0.4 is 14.2 Å². The molecule has 1 spiro atoms. The molecular formula is C28H37NO6. The zero-order valence-corrected chi connectivity index (χ0v) is 21.4. The van der Waals surface area contributed by atoms with Gasteiger partial charge in [-0.3, -0.25) is 4.79 Å². The molecule has 2 aromatic carbocycles. The molecule has 0 aromatic heterocycles. The van der Waals surface area contributed by atoms with Crippen LogP contribution in [0.15, 0.2) is 42.5 Å². The second-order valence-corrected chi connectivity index (χ2v) is 9.74. The summed E-state index contributed by atoms with van der Waals surface area (Å²) >= 11 is 0. The molecule has 2 heterocycles. The number of nitrogens with zero attached hydrogens (tertiary/aromatic N) is 1. The monoisotopic (exact) mass is 483 g/mol. The van der Waals surface area contributed by atoms with E-state index < -0.39 is 0 Å². The average Bonchev–Trinajstić information content (AvgIpc) is 2.84. The van der Waals surface area contributed by atoms with Crippen molar-refractivity contribution in [2.24, 2.45) is 0 Å². The minimum Gasteiger partial charge on any atom is -0.493 e. The van der Waals surface area contributed by atoms with E-state index in [1.807, 2.05) is 49.9 Å². The van der Waals surface area contributed by atoms with Gasteiger partial charge in [0, 0.05) is 50.6 Å². The molecule has 1 unspecified atom stereocenters. The fraction of sp³-hybridized carbons (Fsp3) is 0.536.